The molecule has 2 N–H and O–H groups in total. The Balaban J connectivity index is 2.90. The van der Waals surface area contributed by atoms with E-state index in [1.54, 1.807) is 18.0 Å². The Morgan fingerprint density at radius 1 is 1.50 bits per heavy atom. The van der Waals surface area contributed by atoms with Crippen molar-refractivity contribution in [3.05, 3.63) is 35.4 Å². The Bertz CT molecular complexity index is 417. The van der Waals surface area contributed by atoms with Crippen LogP contribution in [0.2, 0.25) is 0 Å². The third kappa shape index (κ3) is 2.79. The van der Waals surface area contributed by atoms with E-state index in [4.69, 9.17) is 18.0 Å². The topological polar surface area (TPSA) is 46.3 Å². The lowest BCUT2D eigenvalue weighted by Gasteiger charge is -2.24. The first-order valence-corrected chi connectivity index (χ1v) is 5.47. The van der Waals surface area contributed by atoms with Crippen LogP contribution in [0.3, 0.4) is 0 Å². The molecule has 1 aromatic rings. The van der Waals surface area contributed by atoms with Crippen LogP contribution in [-0.4, -0.2) is 28.9 Å². The number of nitrogens with two attached hydrogens (primary N) is 1. The molecule has 0 bridgehead atoms. The standard InChI is InChI=1S/C12H16N2OS/c1-8-5-4-6-10(7-8)12(15)14(3)9(2)11(13)16/h4-7,9H,1-3H3,(H2,13,16). The number of hydrogen-bond donors (Lipinski definition) is 1. The van der Waals surface area contributed by atoms with Gasteiger partial charge in [0.2, 0.25) is 0 Å². The van der Waals surface area contributed by atoms with Crippen LogP contribution in [-0.2, 0) is 0 Å². The molecule has 4 heteroatoms. The van der Waals surface area contributed by atoms with Crippen molar-refractivity contribution in [1.82, 2.24) is 4.90 Å². The maximum Gasteiger partial charge on any atom is 0.254 e. The average Bonchev–Trinajstić information content (AvgIpc) is 2.26. The predicted molar refractivity (Wildman–Crippen MR) is 69.5 cm³/mol. The highest BCUT2D eigenvalue weighted by Crippen LogP contribution is 2.09. The molecule has 16 heavy (non-hydrogen) atoms. The predicted octanol–water partition coefficient (Wildman–Crippen LogP) is 1.74. The van der Waals surface area contributed by atoms with Crippen LogP contribution < -0.4 is 5.73 Å². The second kappa shape index (κ2) is 5.07. The van der Waals surface area contributed by atoms with Gasteiger partial charge in [-0.05, 0) is 26.0 Å². The third-order valence-corrected chi connectivity index (χ3v) is 2.92. The summed E-state index contributed by atoms with van der Waals surface area (Å²) in [5, 5.41) is 0. The molecule has 0 aliphatic heterocycles. The molecular weight excluding hydrogens is 220 g/mol. The molecular formula is C12H16N2OS. The number of aryl methyl sites for hydroxylation is 1. The second-order valence-corrected chi connectivity index (χ2v) is 4.34. The summed E-state index contributed by atoms with van der Waals surface area (Å²) in [4.78, 5) is 13.9. The van der Waals surface area contributed by atoms with E-state index in [1.165, 1.54) is 0 Å². The summed E-state index contributed by atoms with van der Waals surface area (Å²) in [6.45, 7) is 3.77. The second-order valence-electron chi connectivity index (χ2n) is 3.86. The van der Waals surface area contributed by atoms with Crippen molar-refractivity contribution in [3.63, 3.8) is 0 Å². The maximum absolute atomic E-state index is 12.1. The summed E-state index contributed by atoms with van der Waals surface area (Å²) in [6, 6.07) is 7.22. The Kier molecular flexibility index (Phi) is 4.01. The van der Waals surface area contributed by atoms with E-state index in [2.05, 4.69) is 0 Å². The first-order chi connectivity index (χ1) is 7.43. The highest BCUT2D eigenvalue weighted by Gasteiger charge is 2.18. The molecule has 0 aliphatic carbocycles. The van der Waals surface area contributed by atoms with Gasteiger partial charge in [-0.15, -0.1) is 0 Å². The molecule has 0 aromatic heterocycles. The van der Waals surface area contributed by atoms with Crippen molar-refractivity contribution < 1.29 is 4.79 Å². The summed E-state index contributed by atoms with van der Waals surface area (Å²) in [5.41, 5.74) is 7.24. The zero-order chi connectivity index (χ0) is 12.3. The number of hydrogen-bond acceptors (Lipinski definition) is 2. The SMILES string of the molecule is Cc1cccc(C(=O)N(C)C(C)C(N)=S)c1. The van der Waals surface area contributed by atoms with E-state index in [9.17, 15) is 4.79 Å². The molecule has 1 unspecified atom stereocenters. The van der Waals surface area contributed by atoms with Crippen molar-refractivity contribution in [1.29, 1.82) is 0 Å². The fourth-order valence-electron chi connectivity index (χ4n) is 1.35. The first-order valence-electron chi connectivity index (χ1n) is 5.06. The number of carbonyl (C=O) groups excluding carboxylic acids is 1. The van der Waals surface area contributed by atoms with Gasteiger partial charge in [0, 0.05) is 12.6 Å². The lowest BCUT2D eigenvalue weighted by atomic mass is 10.1. The highest BCUT2D eigenvalue weighted by atomic mass is 32.1. The van der Waals surface area contributed by atoms with Gasteiger partial charge in [-0.25, -0.2) is 0 Å². The maximum atomic E-state index is 12.1. The van der Waals surface area contributed by atoms with Crippen LogP contribution in [0.5, 0.6) is 0 Å². The molecule has 0 heterocycles. The van der Waals surface area contributed by atoms with E-state index in [0.717, 1.165) is 5.56 Å². The summed E-state index contributed by atoms with van der Waals surface area (Å²) in [7, 11) is 1.70. The molecule has 0 saturated carbocycles. The number of amides is 1. The summed E-state index contributed by atoms with van der Waals surface area (Å²) >= 11 is 4.87. The number of rotatable bonds is 3. The number of nitrogens with zero attached hydrogens (tertiary/aromatic N) is 1. The smallest absolute Gasteiger partial charge is 0.254 e. The minimum absolute atomic E-state index is 0.0657. The van der Waals surface area contributed by atoms with Crippen molar-refractivity contribution in [2.75, 3.05) is 7.05 Å². The molecule has 1 amide bonds. The molecule has 3 nitrogen and oxygen atoms in total. The van der Waals surface area contributed by atoms with Gasteiger partial charge in [-0.1, -0.05) is 29.9 Å². The molecule has 0 saturated heterocycles. The van der Waals surface area contributed by atoms with E-state index in [0.29, 0.717) is 10.6 Å². The average molecular weight is 236 g/mol. The zero-order valence-electron chi connectivity index (χ0n) is 9.73. The molecule has 0 aliphatic rings. The van der Waals surface area contributed by atoms with Crippen molar-refractivity contribution in [2.45, 2.75) is 19.9 Å². The van der Waals surface area contributed by atoms with Gasteiger partial charge in [-0.3, -0.25) is 4.79 Å². The van der Waals surface area contributed by atoms with Crippen molar-refractivity contribution in [2.24, 2.45) is 5.73 Å². The Labute approximate surface area is 101 Å². The largest absolute Gasteiger partial charge is 0.392 e. The van der Waals surface area contributed by atoms with Crippen molar-refractivity contribution in [3.8, 4) is 0 Å². The number of likely N-dealkylation sites (N-methyl/N-ethyl adjacent to an activating group) is 1. The van der Waals surface area contributed by atoms with Crippen LogP contribution in [0, 0.1) is 6.92 Å². The van der Waals surface area contributed by atoms with Gasteiger partial charge in [0.05, 0.1) is 11.0 Å². The molecule has 0 radical (unpaired) electrons. The van der Waals surface area contributed by atoms with Crippen LogP contribution in [0.25, 0.3) is 0 Å². The summed E-state index contributed by atoms with van der Waals surface area (Å²) in [6.07, 6.45) is 0. The lowest BCUT2D eigenvalue weighted by molar-refractivity contribution is 0.0779. The van der Waals surface area contributed by atoms with Gasteiger partial charge in [0.1, 0.15) is 0 Å². The normalized spacial score (nSPS) is 11.9. The highest BCUT2D eigenvalue weighted by molar-refractivity contribution is 7.80. The molecule has 0 spiro atoms. The van der Waals surface area contributed by atoms with E-state index in [1.807, 2.05) is 32.0 Å². The monoisotopic (exact) mass is 236 g/mol. The molecule has 0 fully saturated rings. The van der Waals surface area contributed by atoms with Crippen LogP contribution in [0.15, 0.2) is 24.3 Å². The van der Waals surface area contributed by atoms with Gasteiger partial charge in [-0.2, -0.15) is 0 Å². The Hall–Kier alpha value is -1.42. The number of thiocarbonyl (C=S) groups is 1. The first kappa shape index (κ1) is 12.6. The van der Waals surface area contributed by atoms with Crippen LogP contribution in [0.4, 0.5) is 0 Å². The quantitative estimate of drug-likeness (QED) is 0.813. The molecule has 86 valence electrons. The van der Waals surface area contributed by atoms with Crippen molar-refractivity contribution >= 4 is 23.1 Å². The zero-order valence-corrected chi connectivity index (χ0v) is 10.5. The lowest BCUT2D eigenvalue weighted by Crippen LogP contribution is -2.42. The van der Waals surface area contributed by atoms with E-state index in [-0.39, 0.29) is 11.9 Å². The fraction of sp³-hybridized carbons (Fsp3) is 0.333. The van der Waals surface area contributed by atoms with Crippen LogP contribution in [0.1, 0.15) is 22.8 Å². The fourth-order valence-corrected chi connectivity index (χ4v) is 1.51. The molecule has 1 rings (SSSR count). The molecule has 1 atom stereocenters. The van der Waals surface area contributed by atoms with E-state index < -0.39 is 0 Å². The summed E-state index contributed by atoms with van der Waals surface area (Å²) < 4.78 is 0. The number of benzene rings is 1. The Morgan fingerprint density at radius 2 is 2.12 bits per heavy atom. The van der Waals surface area contributed by atoms with Gasteiger partial charge < -0.3 is 10.6 Å². The Morgan fingerprint density at radius 3 is 2.62 bits per heavy atom. The third-order valence-electron chi connectivity index (χ3n) is 2.58. The van der Waals surface area contributed by atoms with Gasteiger partial charge >= 0.3 is 0 Å². The minimum Gasteiger partial charge on any atom is -0.392 e. The van der Waals surface area contributed by atoms with Gasteiger partial charge in [0.25, 0.3) is 5.91 Å². The van der Waals surface area contributed by atoms with Crippen LogP contribution >= 0.6 is 12.2 Å². The van der Waals surface area contributed by atoms with Gasteiger partial charge in [0.15, 0.2) is 0 Å². The molecule has 1 aromatic carbocycles. The number of carbonyl (C=O) groups is 1. The minimum atomic E-state index is -0.233. The van der Waals surface area contributed by atoms with E-state index >= 15 is 0 Å². The summed E-state index contributed by atoms with van der Waals surface area (Å²) in [5.74, 6) is -0.0657.